The Morgan fingerprint density at radius 2 is 2.25 bits per heavy atom. The summed E-state index contributed by atoms with van der Waals surface area (Å²) in [6, 6.07) is 5.69. The molecule has 0 fully saturated rings. The van der Waals surface area contributed by atoms with Crippen LogP contribution >= 0.6 is 0 Å². The first-order valence-corrected chi connectivity index (χ1v) is 8.92. The van der Waals surface area contributed by atoms with Gasteiger partial charge in [-0.1, -0.05) is 0 Å². The second kappa shape index (κ2) is 4.99. The Kier molecular flexibility index (Phi) is 3.62. The third-order valence-electron chi connectivity index (χ3n) is 2.42. The van der Waals surface area contributed by atoms with Crippen LogP contribution in [0, 0.1) is 0 Å². The van der Waals surface area contributed by atoms with Gasteiger partial charge in [-0.15, -0.1) is 0 Å². The van der Waals surface area contributed by atoms with Crippen molar-refractivity contribution in [1.82, 2.24) is 0 Å². The van der Waals surface area contributed by atoms with E-state index in [4.69, 9.17) is 9.47 Å². The average molecular weight is 334 g/mol. The molecular formula is C12H14O3Te. The van der Waals surface area contributed by atoms with Crippen molar-refractivity contribution in [3.8, 4) is 5.75 Å². The molecule has 0 unspecified atom stereocenters. The van der Waals surface area contributed by atoms with Crippen molar-refractivity contribution >= 4 is 28.9 Å². The molecule has 16 heavy (non-hydrogen) atoms. The molecule has 0 amide bonds. The Hall–Kier alpha value is -0.850. The number of fused-ring (bicyclic) bond motifs is 1. The molecule has 0 spiro atoms. The van der Waals surface area contributed by atoms with E-state index in [2.05, 4.69) is 0 Å². The Morgan fingerprint density at radius 1 is 1.44 bits per heavy atom. The second-order valence-electron chi connectivity index (χ2n) is 3.38. The molecule has 1 aliphatic rings. The van der Waals surface area contributed by atoms with Crippen molar-refractivity contribution in [1.29, 1.82) is 0 Å². The van der Waals surface area contributed by atoms with Gasteiger partial charge in [-0.25, -0.2) is 0 Å². The molecule has 2 rings (SSSR count). The number of allylic oxidation sites excluding steroid dienone is 1. The van der Waals surface area contributed by atoms with Crippen LogP contribution in [0.5, 0.6) is 5.75 Å². The summed E-state index contributed by atoms with van der Waals surface area (Å²) in [5, 5.41) is 0. The molecule has 1 aromatic carbocycles. The van der Waals surface area contributed by atoms with Gasteiger partial charge in [0.25, 0.3) is 0 Å². The van der Waals surface area contributed by atoms with Crippen LogP contribution in [0.2, 0.25) is 4.47 Å². The SMILES string of the molecule is CCOC1=CC[Te](=O)c2cc(OC)ccc21. The maximum absolute atomic E-state index is 12.0. The fourth-order valence-electron chi connectivity index (χ4n) is 1.66. The zero-order valence-corrected chi connectivity index (χ0v) is 11.7. The molecule has 1 aliphatic heterocycles. The van der Waals surface area contributed by atoms with Crippen LogP contribution in [0.4, 0.5) is 0 Å². The van der Waals surface area contributed by atoms with E-state index in [0.717, 1.165) is 20.7 Å². The maximum atomic E-state index is 12.0. The fourth-order valence-corrected chi connectivity index (χ4v) is 4.93. The number of hydrogen-bond acceptors (Lipinski definition) is 3. The Labute approximate surface area is 102 Å². The van der Waals surface area contributed by atoms with Crippen molar-refractivity contribution in [2.45, 2.75) is 11.4 Å². The van der Waals surface area contributed by atoms with E-state index >= 15 is 0 Å². The topological polar surface area (TPSA) is 35.5 Å². The third-order valence-corrected chi connectivity index (χ3v) is 6.12. The second-order valence-corrected chi connectivity index (χ2v) is 7.55. The first kappa shape index (κ1) is 11.6. The summed E-state index contributed by atoms with van der Waals surface area (Å²) in [6.07, 6.45) is 1.95. The van der Waals surface area contributed by atoms with Gasteiger partial charge in [-0.3, -0.25) is 0 Å². The molecule has 3 nitrogen and oxygen atoms in total. The minimum absolute atomic E-state index is 0.631. The third kappa shape index (κ3) is 2.14. The van der Waals surface area contributed by atoms with Crippen molar-refractivity contribution < 1.29 is 12.6 Å². The van der Waals surface area contributed by atoms with Gasteiger partial charge in [0.15, 0.2) is 0 Å². The number of hydrogen-bond donors (Lipinski definition) is 0. The minimum atomic E-state index is -2.39. The van der Waals surface area contributed by atoms with Gasteiger partial charge in [0.2, 0.25) is 0 Å². The summed E-state index contributed by atoms with van der Waals surface area (Å²) in [5.41, 5.74) is 0.973. The first-order valence-electron chi connectivity index (χ1n) is 5.16. The average Bonchev–Trinajstić information content (AvgIpc) is 2.33. The predicted molar refractivity (Wildman–Crippen MR) is 63.5 cm³/mol. The number of benzene rings is 1. The van der Waals surface area contributed by atoms with Gasteiger partial charge < -0.3 is 0 Å². The number of methoxy groups -OCH3 is 1. The molecule has 0 N–H and O–H groups in total. The zero-order chi connectivity index (χ0) is 11.5. The molecule has 0 bridgehead atoms. The van der Waals surface area contributed by atoms with Gasteiger partial charge in [-0.2, -0.15) is 0 Å². The van der Waals surface area contributed by atoms with E-state index in [1.54, 1.807) is 7.11 Å². The van der Waals surface area contributed by atoms with Crippen LogP contribution in [0.3, 0.4) is 0 Å². The summed E-state index contributed by atoms with van der Waals surface area (Å²) in [6.45, 7) is 2.58. The van der Waals surface area contributed by atoms with Crippen LogP contribution < -0.4 is 8.35 Å². The summed E-state index contributed by atoms with van der Waals surface area (Å²) in [4.78, 5) is 0. The quantitative estimate of drug-likeness (QED) is 0.790. The van der Waals surface area contributed by atoms with Gasteiger partial charge in [-0.05, 0) is 0 Å². The number of rotatable bonds is 3. The molecule has 1 heterocycles. The van der Waals surface area contributed by atoms with Crippen molar-refractivity contribution in [3.63, 3.8) is 0 Å². The van der Waals surface area contributed by atoms with E-state index in [-0.39, 0.29) is 0 Å². The summed E-state index contributed by atoms with van der Waals surface area (Å²) < 4.78 is 24.3. The molecule has 86 valence electrons. The standard InChI is InChI=1S/C12H14O3Te/c1-3-15-11-6-7-16(13)12-8-9(14-2)4-5-10(11)12/h4-6,8H,3,7H2,1-2H3. The van der Waals surface area contributed by atoms with E-state index < -0.39 is 19.5 Å². The molecular weight excluding hydrogens is 320 g/mol. The Balaban J connectivity index is 2.46. The number of ether oxygens (including phenoxy) is 2. The molecule has 0 saturated carbocycles. The summed E-state index contributed by atoms with van der Waals surface area (Å²) in [5.74, 6) is 1.62. The van der Waals surface area contributed by atoms with Crippen LogP contribution in [-0.2, 0) is 7.84 Å². The monoisotopic (exact) mass is 336 g/mol. The van der Waals surface area contributed by atoms with Crippen LogP contribution in [0.1, 0.15) is 12.5 Å². The normalized spacial score (nSPS) is 15.2. The van der Waals surface area contributed by atoms with Gasteiger partial charge >= 0.3 is 102 Å². The first-order chi connectivity index (χ1) is 7.76. The van der Waals surface area contributed by atoms with Crippen LogP contribution in [0.15, 0.2) is 24.3 Å². The van der Waals surface area contributed by atoms with E-state index in [1.165, 1.54) is 0 Å². The molecule has 0 atom stereocenters. The molecule has 0 saturated heterocycles. The Bertz CT molecular complexity index is 452. The predicted octanol–water partition coefficient (Wildman–Crippen LogP) is 1.72. The van der Waals surface area contributed by atoms with Crippen molar-refractivity contribution in [2.75, 3.05) is 13.7 Å². The van der Waals surface area contributed by atoms with E-state index in [1.807, 2.05) is 31.2 Å². The van der Waals surface area contributed by atoms with E-state index in [0.29, 0.717) is 11.1 Å². The summed E-state index contributed by atoms with van der Waals surface area (Å²) >= 11 is -2.39. The molecule has 0 radical (unpaired) electrons. The summed E-state index contributed by atoms with van der Waals surface area (Å²) in [7, 11) is 1.62. The van der Waals surface area contributed by atoms with Gasteiger partial charge in [0.1, 0.15) is 0 Å². The molecule has 4 heteroatoms. The molecule has 1 aromatic rings. The van der Waals surface area contributed by atoms with Gasteiger partial charge in [0.05, 0.1) is 0 Å². The fraction of sp³-hybridized carbons (Fsp3) is 0.333. The molecule has 0 aliphatic carbocycles. The van der Waals surface area contributed by atoms with E-state index in [9.17, 15) is 3.10 Å². The van der Waals surface area contributed by atoms with Crippen molar-refractivity contribution in [3.05, 3.63) is 29.8 Å². The van der Waals surface area contributed by atoms with Crippen LogP contribution in [-0.4, -0.2) is 33.3 Å². The Morgan fingerprint density at radius 3 is 2.94 bits per heavy atom. The molecule has 0 aromatic heterocycles. The van der Waals surface area contributed by atoms with Gasteiger partial charge in [0, 0.05) is 0 Å². The van der Waals surface area contributed by atoms with Crippen LogP contribution in [0.25, 0.3) is 5.76 Å². The zero-order valence-electron chi connectivity index (χ0n) is 9.36. The van der Waals surface area contributed by atoms with Crippen molar-refractivity contribution in [2.24, 2.45) is 0 Å².